The van der Waals surface area contributed by atoms with E-state index >= 15 is 0 Å². The maximum Gasteiger partial charge on any atom is 0.504 e. The molecule has 15 heteroatoms. The van der Waals surface area contributed by atoms with Gasteiger partial charge in [-0.3, -0.25) is 4.68 Å². The molecule has 1 aliphatic rings. The van der Waals surface area contributed by atoms with Crippen LogP contribution >= 0.6 is 0 Å². The molecule has 1 aliphatic carbocycles. The van der Waals surface area contributed by atoms with E-state index in [9.17, 15) is 27.1 Å². The van der Waals surface area contributed by atoms with Crippen LogP contribution in [0, 0.1) is 0 Å². The summed E-state index contributed by atoms with van der Waals surface area (Å²) >= 11 is 0. The lowest BCUT2D eigenvalue weighted by Crippen LogP contribution is -2.35. The van der Waals surface area contributed by atoms with E-state index in [-0.39, 0.29) is 22.2 Å². The van der Waals surface area contributed by atoms with Crippen LogP contribution in [-0.4, -0.2) is 57.7 Å². The van der Waals surface area contributed by atoms with E-state index in [1.54, 1.807) is 19.1 Å². The van der Waals surface area contributed by atoms with Crippen molar-refractivity contribution in [2.45, 2.75) is 63.5 Å². The zero-order chi connectivity index (χ0) is 28.5. The van der Waals surface area contributed by atoms with Gasteiger partial charge in [0.05, 0.1) is 23.1 Å². The quantitative estimate of drug-likeness (QED) is 0.251. The Morgan fingerprint density at radius 3 is 2.60 bits per heavy atom. The minimum absolute atomic E-state index is 0.0191. The highest BCUT2D eigenvalue weighted by Crippen LogP contribution is 2.35. The van der Waals surface area contributed by atoms with Crippen LogP contribution in [0.25, 0.3) is 22.6 Å². The Labute approximate surface area is 225 Å². The van der Waals surface area contributed by atoms with Gasteiger partial charge in [0.25, 0.3) is 6.43 Å². The van der Waals surface area contributed by atoms with Gasteiger partial charge in [-0.15, -0.1) is 13.2 Å². The average Bonchev–Trinajstić information content (AvgIpc) is 3.56. The van der Waals surface area contributed by atoms with Gasteiger partial charge >= 0.3 is 6.30 Å². The lowest BCUT2D eigenvalue weighted by Gasteiger charge is -2.34. The first-order chi connectivity index (χ1) is 18.9. The van der Waals surface area contributed by atoms with Crippen molar-refractivity contribution in [2.75, 3.05) is 10.6 Å². The lowest BCUT2D eigenvalue weighted by atomic mass is 9.83. The van der Waals surface area contributed by atoms with Crippen LogP contribution in [0.2, 0.25) is 0 Å². The molecule has 212 valence electrons. The first-order valence-corrected chi connectivity index (χ1v) is 12.5. The van der Waals surface area contributed by atoms with E-state index in [0.717, 1.165) is 10.9 Å². The number of aromatic nitrogens is 7. The first kappa shape index (κ1) is 27.4. The molecule has 10 nitrogen and oxygen atoms in total. The molecule has 0 saturated heterocycles. The Morgan fingerprint density at radius 1 is 1.12 bits per heavy atom. The average molecular weight is 564 g/mol. The molecule has 5 rings (SSSR count). The number of rotatable bonds is 8. The molecule has 4 aromatic heterocycles. The highest BCUT2D eigenvalue weighted by molar-refractivity contribution is 5.78. The van der Waals surface area contributed by atoms with Gasteiger partial charge in [0.2, 0.25) is 0 Å². The van der Waals surface area contributed by atoms with Crippen molar-refractivity contribution in [3.05, 3.63) is 49.2 Å². The normalized spacial score (nSPS) is 19.6. The smallest absolute Gasteiger partial charge is 0.390 e. The first-order valence-electron chi connectivity index (χ1n) is 12.5. The number of aliphatic hydroxyl groups is 1. The van der Waals surface area contributed by atoms with Crippen LogP contribution in [0.3, 0.4) is 0 Å². The number of alkyl halides is 5. The molecule has 1 fully saturated rings. The van der Waals surface area contributed by atoms with Gasteiger partial charge in [0.15, 0.2) is 5.82 Å². The molecule has 0 bridgehead atoms. The number of hydrogen-bond acceptors (Lipinski definition) is 8. The SMILES string of the molecule is CC1(O)CCC(Nc2cc(Nc3ccnc(-c4cnn(CC(F)F)c4)n3)ncc2-c2ccn(C(F)(F)F)n2)CC1. The standard InChI is InChI=1S/C25H26F5N9O/c1-24(40)6-2-16(3-7-24)34-19-10-22(32-12-17(19)18-5-9-39(37-18)25(28,29)30)35-21-4-8-31-23(36-21)15-11-33-38(13-15)14-20(26)27/h4-5,8-13,16,20,40H,2-3,6-7,14H2,1H3,(H2,31,32,34,35,36). The number of hydrogen-bond donors (Lipinski definition) is 3. The second-order valence-electron chi connectivity index (χ2n) is 9.88. The number of halogens is 5. The molecular formula is C25H26F5N9O. The van der Waals surface area contributed by atoms with Crippen molar-refractivity contribution in [3.63, 3.8) is 0 Å². The topological polar surface area (TPSA) is 119 Å². The van der Waals surface area contributed by atoms with Crippen LogP contribution in [0.5, 0.6) is 0 Å². The van der Waals surface area contributed by atoms with Gasteiger partial charge < -0.3 is 15.7 Å². The maximum absolute atomic E-state index is 13.2. The number of anilines is 3. The van der Waals surface area contributed by atoms with Crippen molar-refractivity contribution >= 4 is 17.3 Å². The van der Waals surface area contributed by atoms with Crippen LogP contribution < -0.4 is 10.6 Å². The molecule has 4 aromatic rings. The molecule has 1 saturated carbocycles. The summed E-state index contributed by atoms with van der Waals surface area (Å²) in [7, 11) is 0. The predicted molar refractivity (Wildman–Crippen MR) is 136 cm³/mol. The highest BCUT2D eigenvalue weighted by atomic mass is 19.4. The summed E-state index contributed by atoms with van der Waals surface area (Å²) in [6.07, 6.45) is 1.84. The molecule has 40 heavy (non-hydrogen) atoms. The molecule has 3 N–H and O–H groups in total. The van der Waals surface area contributed by atoms with Crippen molar-refractivity contribution in [1.82, 2.24) is 34.5 Å². The summed E-state index contributed by atoms with van der Waals surface area (Å²) in [6, 6.07) is 4.48. The Hall–Kier alpha value is -4.14. The van der Waals surface area contributed by atoms with E-state index in [1.807, 2.05) is 0 Å². The van der Waals surface area contributed by atoms with Gasteiger partial charge in [-0.25, -0.2) is 23.7 Å². The number of pyridine rings is 1. The fraction of sp³-hybridized carbons (Fsp3) is 0.400. The molecule has 0 aromatic carbocycles. The van der Waals surface area contributed by atoms with Crippen LogP contribution in [-0.2, 0) is 12.8 Å². The Morgan fingerprint density at radius 2 is 1.90 bits per heavy atom. The Balaban J connectivity index is 1.41. The molecule has 0 radical (unpaired) electrons. The molecule has 0 amide bonds. The third-order valence-electron chi connectivity index (χ3n) is 6.58. The Bertz CT molecular complexity index is 1460. The fourth-order valence-electron chi connectivity index (χ4n) is 4.48. The van der Waals surface area contributed by atoms with E-state index < -0.39 is 24.9 Å². The molecule has 0 unspecified atom stereocenters. The minimum Gasteiger partial charge on any atom is -0.390 e. The second kappa shape index (κ2) is 10.8. The summed E-state index contributed by atoms with van der Waals surface area (Å²) in [5.41, 5.74) is 0.674. The van der Waals surface area contributed by atoms with Crippen molar-refractivity contribution < 1.29 is 27.1 Å². The lowest BCUT2D eigenvalue weighted by molar-refractivity contribution is -0.212. The summed E-state index contributed by atoms with van der Waals surface area (Å²) in [5.74, 6) is 0.961. The molecular weight excluding hydrogens is 537 g/mol. The molecule has 0 aliphatic heterocycles. The second-order valence-corrected chi connectivity index (χ2v) is 9.88. The fourth-order valence-corrected chi connectivity index (χ4v) is 4.48. The van der Waals surface area contributed by atoms with Gasteiger partial charge in [0, 0.05) is 48.1 Å². The third-order valence-corrected chi connectivity index (χ3v) is 6.58. The van der Waals surface area contributed by atoms with Gasteiger partial charge in [-0.2, -0.15) is 14.9 Å². The molecule has 4 heterocycles. The highest BCUT2D eigenvalue weighted by Gasteiger charge is 2.32. The van der Waals surface area contributed by atoms with E-state index in [0.29, 0.717) is 54.1 Å². The Kier molecular flexibility index (Phi) is 7.40. The number of nitrogens with zero attached hydrogens (tertiary/aromatic N) is 7. The van der Waals surface area contributed by atoms with Crippen molar-refractivity contribution in [1.29, 1.82) is 0 Å². The summed E-state index contributed by atoms with van der Waals surface area (Å²) in [6.45, 7) is 1.23. The zero-order valence-electron chi connectivity index (χ0n) is 21.3. The van der Waals surface area contributed by atoms with Crippen LogP contribution in [0.4, 0.5) is 39.3 Å². The molecule has 0 atom stereocenters. The predicted octanol–water partition coefficient (Wildman–Crippen LogP) is 5.19. The summed E-state index contributed by atoms with van der Waals surface area (Å²) in [4.78, 5) is 12.9. The van der Waals surface area contributed by atoms with E-state index in [1.165, 1.54) is 30.9 Å². The molecule has 0 spiro atoms. The van der Waals surface area contributed by atoms with Crippen molar-refractivity contribution in [3.8, 4) is 22.6 Å². The van der Waals surface area contributed by atoms with Crippen molar-refractivity contribution in [2.24, 2.45) is 0 Å². The van der Waals surface area contributed by atoms with Gasteiger partial charge in [-0.05, 0) is 44.7 Å². The minimum atomic E-state index is -4.66. The van der Waals surface area contributed by atoms with E-state index in [4.69, 9.17) is 0 Å². The summed E-state index contributed by atoms with van der Waals surface area (Å²) < 4.78 is 65.9. The zero-order valence-corrected chi connectivity index (χ0v) is 21.3. The third kappa shape index (κ3) is 6.52. The maximum atomic E-state index is 13.2. The summed E-state index contributed by atoms with van der Waals surface area (Å²) in [5, 5.41) is 24.3. The van der Waals surface area contributed by atoms with Gasteiger partial charge in [-0.1, -0.05) is 0 Å². The van der Waals surface area contributed by atoms with E-state index in [2.05, 4.69) is 35.8 Å². The van der Waals surface area contributed by atoms with Gasteiger partial charge in [0.1, 0.15) is 18.2 Å². The van der Waals surface area contributed by atoms with Crippen LogP contribution in [0.1, 0.15) is 32.6 Å². The largest absolute Gasteiger partial charge is 0.504 e. The van der Waals surface area contributed by atoms with Crippen LogP contribution in [0.15, 0.2) is 49.2 Å². The number of nitrogens with one attached hydrogen (secondary N) is 2. The monoisotopic (exact) mass is 563 g/mol.